The van der Waals surface area contributed by atoms with Crippen molar-refractivity contribution in [1.29, 1.82) is 0 Å². The van der Waals surface area contributed by atoms with E-state index in [1.807, 2.05) is 36.4 Å². The Morgan fingerprint density at radius 2 is 2.03 bits per heavy atom. The van der Waals surface area contributed by atoms with Crippen molar-refractivity contribution >= 4 is 35.4 Å². The standard InChI is InChI=1S/C27H29N7O3S/c1-2-21(35)33-12-6-9-17(14-33)31-25(36)24-23-22-19(10-11-28-26(22)38-24)34(27(37)32-23)20-13-18(29-15-30-20)16-7-4-3-5-8-16/h2-5,7-8,13,15,17,19,22,26,28H,1,6,9-12,14H2,(H,31,36)(H,32,37)/t17-,19?,22?,26?/m1/s1. The van der Waals surface area contributed by atoms with Crippen molar-refractivity contribution in [2.24, 2.45) is 5.92 Å². The van der Waals surface area contributed by atoms with Crippen LogP contribution < -0.4 is 20.9 Å². The van der Waals surface area contributed by atoms with Crippen LogP contribution in [0.3, 0.4) is 0 Å². The van der Waals surface area contributed by atoms with E-state index in [1.165, 1.54) is 24.2 Å². The molecule has 4 atom stereocenters. The molecule has 3 saturated heterocycles. The number of anilines is 1. The zero-order valence-electron chi connectivity index (χ0n) is 20.8. The molecule has 4 aliphatic rings. The maximum Gasteiger partial charge on any atom is 0.327 e. The molecule has 1 aromatic heterocycles. The first-order valence-electron chi connectivity index (χ1n) is 12.9. The topological polar surface area (TPSA) is 120 Å². The van der Waals surface area contributed by atoms with Crippen molar-refractivity contribution in [2.75, 3.05) is 24.5 Å². The number of hydrogen-bond donors (Lipinski definition) is 3. The number of carbonyl (C=O) groups is 3. The third-order valence-electron chi connectivity index (χ3n) is 7.56. The molecule has 0 radical (unpaired) electrons. The van der Waals surface area contributed by atoms with E-state index < -0.39 is 0 Å². The van der Waals surface area contributed by atoms with Crippen molar-refractivity contribution in [2.45, 2.75) is 36.7 Å². The molecule has 6 rings (SSSR count). The molecule has 3 N–H and O–H groups in total. The van der Waals surface area contributed by atoms with Crippen LogP contribution in [0.4, 0.5) is 10.6 Å². The van der Waals surface area contributed by atoms with E-state index >= 15 is 0 Å². The van der Waals surface area contributed by atoms with Gasteiger partial charge in [0.05, 0.1) is 22.0 Å². The summed E-state index contributed by atoms with van der Waals surface area (Å²) in [6, 6.07) is 11.0. The lowest BCUT2D eigenvalue weighted by Gasteiger charge is -2.45. The Kier molecular flexibility index (Phi) is 6.62. The van der Waals surface area contributed by atoms with Gasteiger partial charge in [-0.2, -0.15) is 0 Å². The van der Waals surface area contributed by atoms with Crippen molar-refractivity contribution in [3.63, 3.8) is 0 Å². The second-order valence-electron chi connectivity index (χ2n) is 9.85. The Balaban J connectivity index is 1.25. The molecule has 1 aromatic carbocycles. The van der Waals surface area contributed by atoms with Crippen LogP contribution in [0.1, 0.15) is 19.3 Å². The average molecular weight is 532 g/mol. The first kappa shape index (κ1) is 24.6. The van der Waals surface area contributed by atoms with Crippen molar-refractivity contribution in [3.8, 4) is 11.3 Å². The summed E-state index contributed by atoms with van der Waals surface area (Å²) in [5.41, 5.74) is 2.36. The van der Waals surface area contributed by atoms with Gasteiger partial charge in [-0.3, -0.25) is 14.5 Å². The van der Waals surface area contributed by atoms with Crippen LogP contribution in [0.15, 0.2) is 66.0 Å². The Morgan fingerprint density at radius 3 is 2.84 bits per heavy atom. The van der Waals surface area contributed by atoms with Crippen molar-refractivity contribution in [3.05, 3.63) is 66.0 Å². The average Bonchev–Trinajstić information content (AvgIpc) is 3.33. The molecule has 0 aliphatic carbocycles. The Labute approximate surface area is 225 Å². The summed E-state index contributed by atoms with van der Waals surface area (Å²) in [7, 11) is 0. The minimum absolute atomic E-state index is 0.0340. The summed E-state index contributed by atoms with van der Waals surface area (Å²) in [5, 5.41) is 9.62. The first-order chi connectivity index (χ1) is 18.5. The molecule has 3 fully saturated rings. The molecule has 11 heteroatoms. The van der Waals surface area contributed by atoms with E-state index in [2.05, 4.69) is 32.5 Å². The molecule has 4 aliphatic heterocycles. The quantitative estimate of drug-likeness (QED) is 0.506. The second-order valence-corrected chi connectivity index (χ2v) is 11.0. The molecule has 3 unspecified atom stereocenters. The molecule has 196 valence electrons. The van der Waals surface area contributed by atoms with Gasteiger partial charge in [0.15, 0.2) is 0 Å². The number of aromatic nitrogens is 2. The number of likely N-dealkylation sites (tertiary alicyclic amines) is 1. The number of rotatable bonds is 5. The predicted octanol–water partition coefficient (Wildman–Crippen LogP) is 2.23. The molecule has 5 heterocycles. The summed E-state index contributed by atoms with van der Waals surface area (Å²) in [5.74, 6) is 0.129. The highest BCUT2D eigenvalue weighted by atomic mass is 32.2. The predicted molar refractivity (Wildman–Crippen MR) is 145 cm³/mol. The molecule has 0 saturated carbocycles. The van der Waals surface area contributed by atoms with E-state index in [4.69, 9.17) is 0 Å². The second kappa shape index (κ2) is 10.2. The SMILES string of the molecule is C=CC(=O)N1CCC[C@@H](NC(=O)C2=C3NC(=O)N(c4cc(-c5ccccc5)ncn4)C4CCNC(S2)C34)C1. The zero-order valence-corrected chi connectivity index (χ0v) is 21.6. The van der Waals surface area contributed by atoms with Gasteiger partial charge in [-0.15, -0.1) is 0 Å². The largest absolute Gasteiger partial charge is 0.347 e. The highest BCUT2D eigenvalue weighted by Gasteiger charge is 2.52. The summed E-state index contributed by atoms with van der Waals surface area (Å²) in [4.78, 5) is 51.8. The fraction of sp³-hybridized carbons (Fsp3) is 0.370. The van der Waals surface area contributed by atoms with Gasteiger partial charge in [0.2, 0.25) is 5.91 Å². The summed E-state index contributed by atoms with van der Waals surface area (Å²) < 4.78 is 0. The lowest BCUT2D eigenvalue weighted by atomic mass is 9.86. The van der Waals surface area contributed by atoms with Crippen LogP contribution in [-0.4, -0.2) is 69.8 Å². The van der Waals surface area contributed by atoms with Gasteiger partial charge >= 0.3 is 6.03 Å². The van der Waals surface area contributed by atoms with Gasteiger partial charge in [-0.1, -0.05) is 48.7 Å². The smallest absolute Gasteiger partial charge is 0.327 e. The van der Waals surface area contributed by atoms with E-state index in [1.54, 1.807) is 9.80 Å². The molecule has 4 amide bonds. The zero-order chi connectivity index (χ0) is 26.2. The fourth-order valence-corrected chi connectivity index (χ4v) is 7.21. The van der Waals surface area contributed by atoms with E-state index in [9.17, 15) is 14.4 Å². The summed E-state index contributed by atoms with van der Waals surface area (Å²) in [6.07, 6.45) is 5.14. The van der Waals surface area contributed by atoms with Crippen LogP contribution in [0.5, 0.6) is 0 Å². The third kappa shape index (κ3) is 4.45. The number of nitrogens with zero attached hydrogens (tertiary/aromatic N) is 4. The maximum atomic E-state index is 13.5. The van der Waals surface area contributed by atoms with Crippen LogP contribution in [0, 0.1) is 5.92 Å². The van der Waals surface area contributed by atoms with E-state index in [-0.39, 0.29) is 41.2 Å². The van der Waals surface area contributed by atoms with Gasteiger partial charge in [0.25, 0.3) is 5.91 Å². The highest BCUT2D eigenvalue weighted by molar-refractivity contribution is 8.04. The van der Waals surface area contributed by atoms with E-state index in [0.717, 1.165) is 37.1 Å². The van der Waals surface area contributed by atoms with Gasteiger partial charge in [0.1, 0.15) is 12.1 Å². The van der Waals surface area contributed by atoms with Crippen LogP contribution >= 0.6 is 11.8 Å². The normalized spacial score (nSPS) is 26.5. The molecule has 38 heavy (non-hydrogen) atoms. The van der Waals surface area contributed by atoms with Gasteiger partial charge in [-0.05, 0) is 31.9 Å². The van der Waals surface area contributed by atoms with Crippen molar-refractivity contribution < 1.29 is 14.4 Å². The molecule has 0 bridgehead atoms. The number of hydrogen-bond acceptors (Lipinski definition) is 7. The lowest BCUT2D eigenvalue weighted by molar-refractivity contribution is -0.128. The minimum atomic E-state index is -0.298. The Morgan fingerprint density at radius 1 is 1.18 bits per heavy atom. The van der Waals surface area contributed by atoms with Gasteiger partial charge in [0, 0.05) is 42.4 Å². The molecular weight excluding hydrogens is 502 g/mol. The minimum Gasteiger partial charge on any atom is -0.347 e. The highest BCUT2D eigenvalue weighted by Crippen LogP contribution is 2.47. The first-order valence-corrected chi connectivity index (χ1v) is 13.8. The molecule has 10 nitrogen and oxygen atoms in total. The van der Waals surface area contributed by atoms with Crippen LogP contribution in [-0.2, 0) is 9.59 Å². The Bertz CT molecular complexity index is 1320. The molecular formula is C27H29N7O3S. The molecule has 2 aromatic rings. The Hall–Kier alpha value is -3.70. The number of benzene rings is 1. The number of urea groups is 1. The summed E-state index contributed by atoms with van der Waals surface area (Å²) in [6.45, 7) is 5.41. The summed E-state index contributed by atoms with van der Waals surface area (Å²) >= 11 is 1.46. The number of nitrogens with one attached hydrogen (secondary N) is 3. The van der Waals surface area contributed by atoms with Crippen LogP contribution in [0.2, 0.25) is 0 Å². The third-order valence-corrected chi connectivity index (χ3v) is 8.91. The maximum absolute atomic E-state index is 13.5. The fourth-order valence-electron chi connectivity index (χ4n) is 5.81. The lowest BCUT2D eigenvalue weighted by Crippen LogP contribution is -2.62. The number of thioether (sulfide) groups is 1. The monoisotopic (exact) mass is 531 g/mol. The number of carbonyl (C=O) groups excluding carboxylic acids is 3. The van der Waals surface area contributed by atoms with Gasteiger partial charge < -0.3 is 20.9 Å². The van der Waals surface area contributed by atoms with E-state index in [0.29, 0.717) is 29.5 Å². The van der Waals surface area contributed by atoms with Gasteiger partial charge in [-0.25, -0.2) is 14.8 Å². The molecule has 0 spiro atoms. The number of amides is 4. The van der Waals surface area contributed by atoms with Crippen LogP contribution in [0.25, 0.3) is 11.3 Å². The van der Waals surface area contributed by atoms with Crippen molar-refractivity contribution in [1.82, 2.24) is 30.8 Å². The number of piperidine rings is 2.